The summed E-state index contributed by atoms with van der Waals surface area (Å²) in [5.41, 5.74) is 5.27. The van der Waals surface area contributed by atoms with Crippen molar-refractivity contribution in [3.63, 3.8) is 0 Å². The summed E-state index contributed by atoms with van der Waals surface area (Å²) in [6.07, 6.45) is 2.30. The van der Waals surface area contributed by atoms with Crippen molar-refractivity contribution in [3.8, 4) is 0 Å². The number of amides is 2. The Morgan fingerprint density at radius 3 is 2.16 bits per heavy atom. The fourth-order valence-corrected chi connectivity index (χ4v) is 3.89. The average Bonchev–Trinajstić information content (AvgIpc) is 3.64. The van der Waals surface area contributed by atoms with Gasteiger partial charge in [0.1, 0.15) is 0 Å². The minimum absolute atomic E-state index is 0.0762. The quantitative estimate of drug-likeness (QED) is 0.500. The molecule has 1 aliphatic rings. The molecule has 1 saturated carbocycles. The Morgan fingerprint density at radius 2 is 1.50 bits per heavy atom. The molecule has 4 rings (SSSR count). The van der Waals surface area contributed by atoms with E-state index in [4.69, 9.17) is 0 Å². The maximum atomic E-state index is 13.0. The number of nitrogens with zero attached hydrogens (tertiary/aromatic N) is 2. The van der Waals surface area contributed by atoms with Crippen molar-refractivity contribution in [2.45, 2.75) is 39.3 Å². The van der Waals surface area contributed by atoms with Crippen LogP contribution in [0.4, 0.5) is 5.69 Å². The number of rotatable bonds is 8. The van der Waals surface area contributed by atoms with Gasteiger partial charge in [-0.3, -0.25) is 9.59 Å². The maximum Gasteiger partial charge on any atom is 0.230 e. The smallest absolute Gasteiger partial charge is 0.230 e. The van der Waals surface area contributed by atoms with E-state index in [1.807, 2.05) is 72.6 Å². The summed E-state index contributed by atoms with van der Waals surface area (Å²) in [5.74, 6) is 0.415. The molecule has 164 valence electrons. The number of carbonyl (C=O) groups is 2. The molecule has 32 heavy (non-hydrogen) atoms. The second kappa shape index (κ2) is 9.82. The molecule has 0 aliphatic heterocycles. The fourth-order valence-electron chi connectivity index (χ4n) is 3.89. The number of hydrogen-bond donors (Lipinski definition) is 0. The van der Waals surface area contributed by atoms with Crippen LogP contribution in [0.5, 0.6) is 0 Å². The Labute approximate surface area is 190 Å². The van der Waals surface area contributed by atoms with Gasteiger partial charge in [-0.05, 0) is 48.6 Å². The third kappa shape index (κ3) is 5.64. The molecule has 4 nitrogen and oxygen atoms in total. The second-order valence-electron chi connectivity index (χ2n) is 8.77. The zero-order valence-electron chi connectivity index (χ0n) is 18.8. The van der Waals surface area contributed by atoms with E-state index >= 15 is 0 Å². The van der Waals surface area contributed by atoms with Crippen molar-refractivity contribution in [1.82, 2.24) is 4.90 Å². The van der Waals surface area contributed by atoms with Crippen molar-refractivity contribution in [2.24, 2.45) is 5.92 Å². The topological polar surface area (TPSA) is 40.6 Å². The highest BCUT2D eigenvalue weighted by Gasteiger charge is 2.34. The molecule has 0 atom stereocenters. The monoisotopic (exact) mass is 426 g/mol. The molecule has 4 heteroatoms. The highest BCUT2D eigenvalue weighted by molar-refractivity contribution is 5.96. The molecule has 2 amide bonds. The maximum absolute atomic E-state index is 13.0. The number of benzene rings is 3. The Kier molecular flexibility index (Phi) is 6.69. The Morgan fingerprint density at radius 1 is 0.812 bits per heavy atom. The zero-order valence-corrected chi connectivity index (χ0v) is 18.8. The SMILES string of the molecule is Cc1cccc(CN(C(=O)C2CC2)c2ccc(CC(=O)N(C)Cc3ccccc3)cc2)c1. The van der Waals surface area contributed by atoms with E-state index < -0.39 is 0 Å². The highest BCUT2D eigenvalue weighted by Crippen LogP contribution is 2.33. The fraction of sp³-hybridized carbons (Fsp3) is 0.286. The van der Waals surface area contributed by atoms with E-state index in [2.05, 4.69) is 25.1 Å². The lowest BCUT2D eigenvalue weighted by molar-refractivity contribution is -0.129. The molecule has 1 fully saturated rings. The first-order chi connectivity index (χ1) is 15.5. The van der Waals surface area contributed by atoms with Gasteiger partial charge < -0.3 is 9.80 Å². The van der Waals surface area contributed by atoms with Gasteiger partial charge in [-0.1, -0.05) is 72.3 Å². The molecule has 0 radical (unpaired) electrons. The summed E-state index contributed by atoms with van der Waals surface area (Å²) in [5, 5.41) is 0. The summed E-state index contributed by atoms with van der Waals surface area (Å²) in [6.45, 7) is 3.23. The predicted molar refractivity (Wildman–Crippen MR) is 128 cm³/mol. The molecular formula is C28H30N2O2. The van der Waals surface area contributed by atoms with Crippen LogP contribution in [-0.4, -0.2) is 23.8 Å². The van der Waals surface area contributed by atoms with Crippen LogP contribution in [0.15, 0.2) is 78.9 Å². The molecule has 1 aliphatic carbocycles. The van der Waals surface area contributed by atoms with Crippen LogP contribution in [0.25, 0.3) is 0 Å². The van der Waals surface area contributed by atoms with E-state index in [1.54, 1.807) is 4.90 Å². The van der Waals surface area contributed by atoms with E-state index in [-0.39, 0.29) is 17.7 Å². The van der Waals surface area contributed by atoms with Gasteiger partial charge in [0.05, 0.1) is 13.0 Å². The Hall–Kier alpha value is -3.40. The first-order valence-electron chi connectivity index (χ1n) is 11.2. The van der Waals surface area contributed by atoms with Crippen molar-refractivity contribution in [2.75, 3.05) is 11.9 Å². The van der Waals surface area contributed by atoms with Crippen LogP contribution in [-0.2, 0) is 29.1 Å². The van der Waals surface area contributed by atoms with Crippen molar-refractivity contribution < 1.29 is 9.59 Å². The number of anilines is 1. The van der Waals surface area contributed by atoms with E-state index in [0.29, 0.717) is 19.5 Å². The Balaban J connectivity index is 1.44. The largest absolute Gasteiger partial charge is 0.341 e. The van der Waals surface area contributed by atoms with E-state index in [1.165, 1.54) is 5.56 Å². The summed E-state index contributed by atoms with van der Waals surface area (Å²) in [4.78, 5) is 29.3. The van der Waals surface area contributed by atoms with Crippen LogP contribution in [0, 0.1) is 12.8 Å². The number of carbonyl (C=O) groups excluding carboxylic acids is 2. The van der Waals surface area contributed by atoms with Crippen LogP contribution >= 0.6 is 0 Å². The molecule has 3 aromatic rings. The minimum atomic E-state index is 0.0762. The van der Waals surface area contributed by atoms with Crippen molar-refractivity contribution in [1.29, 1.82) is 0 Å². The van der Waals surface area contributed by atoms with Crippen molar-refractivity contribution in [3.05, 3.63) is 101 Å². The van der Waals surface area contributed by atoms with Gasteiger partial charge in [0.25, 0.3) is 0 Å². The normalized spacial score (nSPS) is 12.9. The number of aryl methyl sites for hydroxylation is 1. The van der Waals surface area contributed by atoms with Crippen LogP contribution < -0.4 is 4.90 Å². The summed E-state index contributed by atoms with van der Waals surface area (Å²) in [6, 6.07) is 26.2. The second-order valence-corrected chi connectivity index (χ2v) is 8.77. The van der Waals surface area contributed by atoms with Crippen LogP contribution in [0.2, 0.25) is 0 Å². The van der Waals surface area contributed by atoms with Gasteiger partial charge in [-0.25, -0.2) is 0 Å². The lowest BCUT2D eigenvalue weighted by atomic mass is 10.1. The summed E-state index contributed by atoms with van der Waals surface area (Å²) in [7, 11) is 1.83. The van der Waals surface area contributed by atoms with Gasteiger partial charge in [0.15, 0.2) is 0 Å². The third-order valence-electron chi connectivity index (χ3n) is 5.91. The molecule has 0 heterocycles. The van der Waals surface area contributed by atoms with E-state index in [9.17, 15) is 9.59 Å². The molecule has 0 spiro atoms. The number of likely N-dealkylation sites (N-methyl/N-ethyl adjacent to an activating group) is 1. The molecular weight excluding hydrogens is 396 g/mol. The van der Waals surface area contributed by atoms with Gasteiger partial charge >= 0.3 is 0 Å². The molecule has 0 N–H and O–H groups in total. The average molecular weight is 427 g/mol. The highest BCUT2D eigenvalue weighted by atomic mass is 16.2. The minimum Gasteiger partial charge on any atom is -0.341 e. The predicted octanol–water partition coefficient (Wildman–Crippen LogP) is 5.14. The molecule has 3 aromatic carbocycles. The van der Waals surface area contributed by atoms with Gasteiger partial charge in [0, 0.05) is 25.2 Å². The lowest BCUT2D eigenvalue weighted by Gasteiger charge is -2.24. The van der Waals surface area contributed by atoms with Crippen molar-refractivity contribution >= 4 is 17.5 Å². The van der Waals surface area contributed by atoms with Gasteiger partial charge in [0.2, 0.25) is 11.8 Å². The van der Waals surface area contributed by atoms with Crippen LogP contribution in [0.1, 0.15) is 35.1 Å². The summed E-state index contributed by atoms with van der Waals surface area (Å²) >= 11 is 0. The summed E-state index contributed by atoms with van der Waals surface area (Å²) < 4.78 is 0. The first kappa shape index (κ1) is 21.8. The molecule has 0 unspecified atom stereocenters. The third-order valence-corrected chi connectivity index (χ3v) is 5.91. The first-order valence-corrected chi connectivity index (χ1v) is 11.2. The lowest BCUT2D eigenvalue weighted by Crippen LogP contribution is -2.31. The number of hydrogen-bond acceptors (Lipinski definition) is 2. The molecule has 0 bridgehead atoms. The standard InChI is InChI=1S/C28H30N2O2/c1-21-7-6-10-24(17-21)20-30(28(32)25-13-14-25)26-15-11-22(12-16-26)18-27(31)29(2)19-23-8-4-3-5-9-23/h3-12,15-17,25H,13-14,18-20H2,1-2H3. The van der Waals surface area contributed by atoms with Gasteiger partial charge in [-0.15, -0.1) is 0 Å². The van der Waals surface area contributed by atoms with Gasteiger partial charge in [-0.2, -0.15) is 0 Å². The zero-order chi connectivity index (χ0) is 22.5. The Bertz CT molecular complexity index is 1070. The van der Waals surface area contributed by atoms with E-state index in [0.717, 1.165) is 35.2 Å². The molecule has 0 saturated heterocycles. The molecule has 0 aromatic heterocycles. The van der Waals surface area contributed by atoms with Crippen LogP contribution in [0.3, 0.4) is 0 Å².